The lowest BCUT2D eigenvalue weighted by molar-refractivity contribution is -0.137. The number of carboxylic acids is 1. The standard InChI is InChI=1S/C36H39N5O5/c1-20(6-13-32(42)43)29-11-8-25(16-21(29)2)34(39-28-10-7-24-14-15-38-35(44)31(24)18-28)36(45)41(5)19-26-17-27(37)9-12-30(26)33-22(3)40-46-23(33)4/h7-12,14-18,20,34,39H,6,13,19,37H2,1-5H3,(H,38,44)(H,42,43)/t20-,34?/m0/s1. The average Bonchev–Trinajstić information content (AvgIpc) is 3.35. The number of carbonyl (C=O) groups is 2. The molecule has 0 saturated carbocycles. The van der Waals surface area contributed by atoms with Crippen molar-refractivity contribution in [1.82, 2.24) is 15.0 Å². The number of pyridine rings is 1. The van der Waals surface area contributed by atoms with Crippen LogP contribution in [-0.4, -0.2) is 39.1 Å². The number of aromatic amines is 1. The highest BCUT2D eigenvalue weighted by Crippen LogP contribution is 2.33. The van der Waals surface area contributed by atoms with Crippen LogP contribution in [0.5, 0.6) is 0 Å². The summed E-state index contributed by atoms with van der Waals surface area (Å²) in [6, 6.07) is 17.9. The average molecular weight is 622 g/mol. The first-order valence-corrected chi connectivity index (χ1v) is 15.2. The predicted molar refractivity (Wildman–Crippen MR) is 180 cm³/mol. The minimum Gasteiger partial charge on any atom is -0.481 e. The number of likely N-dealkylation sites (N-methyl/N-ethyl adjacent to an activating group) is 1. The molecule has 0 aliphatic heterocycles. The summed E-state index contributed by atoms with van der Waals surface area (Å²) in [4.78, 5) is 42.5. The van der Waals surface area contributed by atoms with Gasteiger partial charge in [-0.1, -0.05) is 42.4 Å². The van der Waals surface area contributed by atoms with Crippen LogP contribution in [0.1, 0.15) is 65.4 Å². The molecule has 1 unspecified atom stereocenters. The monoisotopic (exact) mass is 621 g/mol. The van der Waals surface area contributed by atoms with E-state index in [-0.39, 0.29) is 30.3 Å². The molecule has 46 heavy (non-hydrogen) atoms. The van der Waals surface area contributed by atoms with Crippen molar-refractivity contribution in [2.24, 2.45) is 0 Å². The van der Waals surface area contributed by atoms with Crippen molar-refractivity contribution in [3.05, 3.63) is 111 Å². The fourth-order valence-corrected chi connectivity index (χ4v) is 6.06. The summed E-state index contributed by atoms with van der Waals surface area (Å²) in [5.74, 6) is -0.309. The SMILES string of the molecule is Cc1cc(C(Nc2ccc3cc[nH]c(=O)c3c2)C(=O)N(C)Cc2cc(N)ccc2-c2c(C)noc2C)ccc1[C@@H](C)CCC(=O)O. The summed E-state index contributed by atoms with van der Waals surface area (Å²) in [5, 5.41) is 18.0. The minimum atomic E-state index is -0.828. The largest absolute Gasteiger partial charge is 0.481 e. The summed E-state index contributed by atoms with van der Waals surface area (Å²) in [7, 11) is 1.75. The van der Waals surface area contributed by atoms with Crippen LogP contribution < -0.4 is 16.6 Å². The van der Waals surface area contributed by atoms with E-state index in [0.29, 0.717) is 28.9 Å². The van der Waals surface area contributed by atoms with Gasteiger partial charge in [0.25, 0.3) is 5.56 Å². The van der Waals surface area contributed by atoms with Crippen LogP contribution in [0.2, 0.25) is 0 Å². The van der Waals surface area contributed by atoms with Gasteiger partial charge in [-0.3, -0.25) is 14.4 Å². The third-order valence-corrected chi connectivity index (χ3v) is 8.50. The normalized spacial score (nSPS) is 12.5. The van der Waals surface area contributed by atoms with Crippen LogP contribution in [0.4, 0.5) is 11.4 Å². The van der Waals surface area contributed by atoms with Crippen LogP contribution in [-0.2, 0) is 16.1 Å². The Labute approximate surface area is 267 Å². The molecule has 2 aromatic heterocycles. The Morgan fingerprint density at radius 2 is 1.85 bits per heavy atom. The number of hydrogen-bond acceptors (Lipinski definition) is 7. The lowest BCUT2D eigenvalue weighted by Crippen LogP contribution is -2.35. The van der Waals surface area contributed by atoms with E-state index in [1.54, 1.807) is 24.2 Å². The summed E-state index contributed by atoms with van der Waals surface area (Å²) in [6.45, 7) is 7.98. The topological polar surface area (TPSA) is 155 Å². The Morgan fingerprint density at radius 3 is 2.54 bits per heavy atom. The molecule has 0 fully saturated rings. The maximum absolute atomic E-state index is 14.4. The molecule has 0 saturated heterocycles. The van der Waals surface area contributed by atoms with Gasteiger partial charge < -0.3 is 30.6 Å². The van der Waals surface area contributed by atoms with Gasteiger partial charge in [0.05, 0.1) is 5.69 Å². The predicted octanol–water partition coefficient (Wildman–Crippen LogP) is 6.47. The third kappa shape index (κ3) is 6.81. The van der Waals surface area contributed by atoms with E-state index < -0.39 is 12.0 Å². The number of hydrogen-bond donors (Lipinski definition) is 4. The van der Waals surface area contributed by atoms with Crippen molar-refractivity contribution in [3.63, 3.8) is 0 Å². The number of nitrogens with one attached hydrogen (secondary N) is 2. The van der Waals surface area contributed by atoms with E-state index in [1.165, 1.54) is 0 Å². The number of aryl methyl sites for hydroxylation is 3. The number of anilines is 2. The molecule has 0 spiro atoms. The second-order valence-electron chi connectivity index (χ2n) is 11.9. The maximum atomic E-state index is 14.4. The van der Waals surface area contributed by atoms with Gasteiger partial charge in [0.15, 0.2) is 0 Å². The van der Waals surface area contributed by atoms with Gasteiger partial charge in [-0.25, -0.2) is 0 Å². The number of amides is 1. The number of carboxylic acid groups (broad SMARTS) is 1. The Balaban J connectivity index is 1.51. The van der Waals surface area contributed by atoms with Crippen LogP contribution in [0.25, 0.3) is 21.9 Å². The van der Waals surface area contributed by atoms with Gasteiger partial charge in [0.2, 0.25) is 5.91 Å². The van der Waals surface area contributed by atoms with Crippen molar-refractivity contribution in [3.8, 4) is 11.1 Å². The molecule has 5 N–H and O–H groups in total. The van der Waals surface area contributed by atoms with Gasteiger partial charge in [0, 0.05) is 48.5 Å². The zero-order chi connectivity index (χ0) is 33.1. The number of rotatable bonds is 11. The van der Waals surface area contributed by atoms with Gasteiger partial charge in [-0.15, -0.1) is 0 Å². The molecule has 0 aliphatic carbocycles. The number of nitrogens with two attached hydrogens (primary N) is 1. The van der Waals surface area contributed by atoms with Gasteiger partial charge >= 0.3 is 5.97 Å². The molecule has 10 nitrogen and oxygen atoms in total. The van der Waals surface area contributed by atoms with E-state index >= 15 is 0 Å². The first-order chi connectivity index (χ1) is 21.9. The van der Waals surface area contributed by atoms with Crippen LogP contribution >= 0.6 is 0 Å². The van der Waals surface area contributed by atoms with E-state index in [1.807, 2.05) is 82.3 Å². The maximum Gasteiger partial charge on any atom is 0.303 e. The smallest absolute Gasteiger partial charge is 0.303 e. The minimum absolute atomic E-state index is 0.0356. The number of aliphatic carboxylic acids is 1. The number of fused-ring (bicyclic) bond motifs is 1. The molecule has 10 heteroatoms. The third-order valence-electron chi connectivity index (χ3n) is 8.50. The van der Waals surface area contributed by atoms with Crippen molar-refractivity contribution < 1.29 is 19.2 Å². The molecule has 1 amide bonds. The summed E-state index contributed by atoms with van der Waals surface area (Å²) < 4.78 is 5.43. The number of carbonyl (C=O) groups excluding carboxylic acids is 1. The second-order valence-corrected chi connectivity index (χ2v) is 11.9. The van der Waals surface area contributed by atoms with Crippen LogP contribution in [0, 0.1) is 20.8 Å². The van der Waals surface area contributed by atoms with Crippen molar-refractivity contribution in [2.75, 3.05) is 18.1 Å². The van der Waals surface area contributed by atoms with Crippen LogP contribution in [0.15, 0.2) is 76.2 Å². The number of aromatic nitrogens is 2. The Kier molecular flexibility index (Phi) is 9.27. The zero-order valence-corrected chi connectivity index (χ0v) is 26.7. The number of H-pyrrole nitrogens is 1. The Bertz CT molecular complexity index is 1960. The molecular weight excluding hydrogens is 582 g/mol. The fraction of sp³-hybridized carbons (Fsp3) is 0.278. The zero-order valence-electron chi connectivity index (χ0n) is 26.7. The fourth-order valence-electron chi connectivity index (χ4n) is 6.06. The van der Waals surface area contributed by atoms with E-state index in [0.717, 1.165) is 44.5 Å². The lowest BCUT2D eigenvalue weighted by atomic mass is 9.90. The van der Waals surface area contributed by atoms with Crippen molar-refractivity contribution in [1.29, 1.82) is 0 Å². The van der Waals surface area contributed by atoms with Crippen molar-refractivity contribution >= 4 is 34.0 Å². The quantitative estimate of drug-likeness (QED) is 0.122. The molecule has 5 aromatic rings. The Hall–Kier alpha value is -5.38. The molecule has 2 atom stereocenters. The number of nitrogens with zero attached hydrogens (tertiary/aromatic N) is 2. The Morgan fingerprint density at radius 1 is 1.07 bits per heavy atom. The molecule has 0 bridgehead atoms. The summed E-state index contributed by atoms with van der Waals surface area (Å²) in [6.07, 6.45) is 2.20. The van der Waals surface area contributed by atoms with Gasteiger partial charge in [0.1, 0.15) is 11.8 Å². The van der Waals surface area contributed by atoms with Crippen LogP contribution in [0.3, 0.4) is 0 Å². The van der Waals surface area contributed by atoms with E-state index in [2.05, 4.69) is 15.5 Å². The highest BCUT2D eigenvalue weighted by atomic mass is 16.5. The van der Waals surface area contributed by atoms with E-state index in [4.69, 9.17) is 15.4 Å². The molecule has 238 valence electrons. The molecule has 0 aliphatic rings. The van der Waals surface area contributed by atoms with Crippen molar-refractivity contribution in [2.45, 2.75) is 59.0 Å². The van der Waals surface area contributed by atoms with Gasteiger partial charge in [-0.05, 0) is 96.6 Å². The molecule has 3 aromatic carbocycles. The first-order valence-electron chi connectivity index (χ1n) is 15.2. The number of benzene rings is 3. The molecule has 0 radical (unpaired) electrons. The highest BCUT2D eigenvalue weighted by Gasteiger charge is 2.27. The molecular formula is C36H39N5O5. The highest BCUT2D eigenvalue weighted by molar-refractivity contribution is 5.89. The first kappa shape index (κ1) is 32.0. The van der Waals surface area contributed by atoms with Gasteiger partial charge in [-0.2, -0.15) is 0 Å². The summed E-state index contributed by atoms with van der Waals surface area (Å²) in [5.41, 5.74) is 13.3. The molecule has 2 heterocycles. The summed E-state index contributed by atoms with van der Waals surface area (Å²) >= 11 is 0. The van der Waals surface area contributed by atoms with E-state index in [9.17, 15) is 14.4 Å². The number of nitrogen functional groups attached to an aromatic ring is 1. The molecule has 5 rings (SSSR count). The lowest BCUT2D eigenvalue weighted by Gasteiger charge is -2.27. The second kappa shape index (κ2) is 13.3.